The number of hydrogen-bond donors (Lipinski definition) is 2. The minimum atomic E-state index is -3.84. The number of benzene rings is 1. The highest BCUT2D eigenvalue weighted by molar-refractivity contribution is 7.92. The largest absolute Gasteiger partial charge is 0.337 e. The SMILES string of the molecule is Cc1ccc(-c2ccc(C3(CC(=O)NO)CCN(C(=O)c4cccs4)CCS3(=O)=O)s2)cc1. The molecule has 1 unspecified atom stereocenters. The number of rotatable bonds is 5. The molecule has 0 bridgehead atoms. The number of carbonyl (C=O) groups is 2. The third-order valence-corrected chi connectivity index (χ3v) is 10.8. The van der Waals surface area contributed by atoms with Crippen LogP contribution >= 0.6 is 22.7 Å². The molecule has 1 aliphatic heterocycles. The summed E-state index contributed by atoms with van der Waals surface area (Å²) in [7, 11) is -3.84. The fourth-order valence-corrected chi connectivity index (χ4v) is 8.38. The minimum absolute atomic E-state index is 0.0533. The van der Waals surface area contributed by atoms with Crippen LogP contribution in [0.15, 0.2) is 53.9 Å². The van der Waals surface area contributed by atoms with E-state index in [1.165, 1.54) is 27.6 Å². The summed E-state index contributed by atoms with van der Waals surface area (Å²) in [5, 5.41) is 11.0. The van der Waals surface area contributed by atoms with Crippen LogP contribution in [-0.4, -0.2) is 49.2 Å². The molecule has 1 aromatic carbocycles. The van der Waals surface area contributed by atoms with Crippen LogP contribution in [0, 0.1) is 6.92 Å². The van der Waals surface area contributed by atoms with Crippen molar-refractivity contribution in [3.05, 3.63) is 69.2 Å². The maximum atomic E-state index is 13.6. The van der Waals surface area contributed by atoms with Crippen LogP contribution in [0.2, 0.25) is 0 Å². The van der Waals surface area contributed by atoms with Crippen molar-refractivity contribution in [1.82, 2.24) is 10.4 Å². The molecule has 0 spiro atoms. The number of hydrogen-bond acceptors (Lipinski definition) is 7. The summed E-state index contributed by atoms with van der Waals surface area (Å²) >= 11 is 2.63. The predicted octanol–water partition coefficient (Wildman–Crippen LogP) is 3.84. The number of thiophene rings is 2. The normalized spacial score (nSPS) is 20.2. The average Bonchev–Trinajstić information content (AvgIpc) is 3.48. The monoisotopic (exact) mass is 504 g/mol. The van der Waals surface area contributed by atoms with Crippen LogP contribution in [0.1, 0.15) is 33.0 Å². The van der Waals surface area contributed by atoms with E-state index in [0.717, 1.165) is 16.0 Å². The molecule has 7 nitrogen and oxygen atoms in total. The first-order valence-corrected chi connectivity index (χ1v) is 13.8. The molecule has 1 aliphatic rings. The van der Waals surface area contributed by atoms with E-state index in [2.05, 4.69) is 0 Å². The molecular weight excluding hydrogens is 480 g/mol. The van der Waals surface area contributed by atoms with Gasteiger partial charge in [0.25, 0.3) is 5.91 Å². The number of amides is 2. The lowest BCUT2D eigenvalue weighted by Gasteiger charge is -2.30. The zero-order chi connectivity index (χ0) is 23.6. The van der Waals surface area contributed by atoms with Gasteiger partial charge in [0.05, 0.1) is 17.1 Å². The van der Waals surface area contributed by atoms with E-state index in [9.17, 15) is 23.2 Å². The van der Waals surface area contributed by atoms with Gasteiger partial charge in [0.15, 0.2) is 9.84 Å². The van der Waals surface area contributed by atoms with Crippen molar-refractivity contribution in [2.45, 2.75) is 24.5 Å². The van der Waals surface area contributed by atoms with E-state index >= 15 is 0 Å². The summed E-state index contributed by atoms with van der Waals surface area (Å²) in [5.41, 5.74) is 3.66. The highest BCUT2D eigenvalue weighted by atomic mass is 32.2. The maximum absolute atomic E-state index is 13.6. The zero-order valence-electron chi connectivity index (χ0n) is 18.0. The van der Waals surface area contributed by atoms with Crippen molar-refractivity contribution in [1.29, 1.82) is 0 Å². The molecule has 0 radical (unpaired) electrons. The van der Waals surface area contributed by atoms with Gasteiger partial charge in [-0.05, 0) is 42.5 Å². The molecule has 33 heavy (non-hydrogen) atoms. The first-order valence-electron chi connectivity index (χ1n) is 10.4. The first kappa shape index (κ1) is 23.6. The van der Waals surface area contributed by atoms with E-state index in [1.807, 2.05) is 37.3 Å². The summed E-state index contributed by atoms with van der Waals surface area (Å²) in [4.78, 5) is 28.7. The summed E-state index contributed by atoms with van der Waals surface area (Å²) < 4.78 is 25.7. The van der Waals surface area contributed by atoms with Crippen molar-refractivity contribution in [3.63, 3.8) is 0 Å². The Bertz CT molecular complexity index is 1250. The van der Waals surface area contributed by atoms with Gasteiger partial charge in [-0.2, -0.15) is 0 Å². The Kier molecular flexibility index (Phi) is 6.71. The van der Waals surface area contributed by atoms with Gasteiger partial charge < -0.3 is 4.90 Å². The molecule has 2 N–H and O–H groups in total. The molecule has 0 saturated carbocycles. The number of sulfone groups is 1. The fraction of sp³-hybridized carbons (Fsp3) is 0.304. The molecule has 1 fully saturated rings. The average molecular weight is 505 g/mol. The van der Waals surface area contributed by atoms with Crippen LogP contribution in [0.3, 0.4) is 0 Å². The molecule has 3 heterocycles. The quantitative estimate of drug-likeness (QED) is 0.406. The van der Waals surface area contributed by atoms with Crippen molar-refractivity contribution >= 4 is 44.3 Å². The standard InChI is InChI=1S/C23H24N2O5S3/c1-16-4-6-17(7-5-16)18-8-9-20(32-18)23(15-21(26)24-28)10-11-25(12-14-33(23,29)30)22(27)19-3-2-13-31-19/h2-9,13,28H,10-12,14-15H2,1H3,(H,24,26). The molecule has 0 aliphatic carbocycles. The van der Waals surface area contributed by atoms with Gasteiger partial charge in [0.2, 0.25) is 5.91 Å². The lowest BCUT2D eigenvalue weighted by Crippen LogP contribution is -2.41. The summed E-state index contributed by atoms with van der Waals surface area (Å²) in [6.45, 7) is 2.23. The van der Waals surface area contributed by atoms with E-state index in [4.69, 9.17) is 0 Å². The topological polar surface area (TPSA) is 104 Å². The van der Waals surface area contributed by atoms with E-state index < -0.39 is 26.9 Å². The molecule has 3 aromatic rings. The second-order valence-electron chi connectivity index (χ2n) is 8.07. The van der Waals surface area contributed by atoms with Gasteiger partial charge in [-0.3, -0.25) is 14.8 Å². The summed E-state index contributed by atoms with van der Waals surface area (Å²) in [6, 6.07) is 15.0. The molecule has 1 atom stereocenters. The third kappa shape index (κ3) is 4.61. The van der Waals surface area contributed by atoms with Gasteiger partial charge in [-0.25, -0.2) is 13.9 Å². The van der Waals surface area contributed by atoms with Crippen molar-refractivity contribution < 1.29 is 23.2 Å². The van der Waals surface area contributed by atoms with Crippen LogP contribution in [0.4, 0.5) is 0 Å². The van der Waals surface area contributed by atoms with Gasteiger partial charge in [-0.15, -0.1) is 22.7 Å². The predicted molar refractivity (Wildman–Crippen MR) is 129 cm³/mol. The molecular formula is C23H24N2O5S3. The van der Waals surface area contributed by atoms with Crippen molar-refractivity contribution in [2.75, 3.05) is 18.8 Å². The fourth-order valence-electron chi connectivity index (χ4n) is 4.08. The van der Waals surface area contributed by atoms with Crippen LogP contribution in [-0.2, 0) is 19.4 Å². The van der Waals surface area contributed by atoms with E-state index in [1.54, 1.807) is 29.1 Å². The number of nitrogens with zero attached hydrogens (tertiary/aromatic N) is 1. The molecule has 4 rings (SSSR count). The van der Waals surface area contributed by atoms with Crippen LogP contribution in [0.25, 0.3) is 10.4 Å². The Morgan fingerprint density at radius 1 is 1.12 bits per heavy atom. The highest BCUT2D eigenvalue weighted by Gasteiger charge is 2.50. The molecule has 1 saturated heterocycles. The third-order valence-electron chi connectivity index (χ3n) is 5.99. The van der Waals surface area contributed by atoms with Crippen molar-refractivity contribution in [3.8, 4) is 10.4 Å². The van der Waals surface area contributed by atoms with E-state index in [-0.39, 0.29) is 31.2 Å². The second kappa shape index (κ2) is 9.38. The molecule has 2 aromatic heterocycles. The number of aryl methyl sites for hydroxylation is 1. The minimum Gasteiger partial charge on any atom is -0.337 e. The Morgan fingerprint density at radius 3 is 2.55 bits per heavy atom. The van der Waals surface area contributed by atoms with Gasteiger partial charge in [0, 0.05) is 22.8 Å². The van der Waals surface area contributed by atoms with Gasteiger partial charge in [-0.1, -0.05) is 35.9 Å². The molecule has 2 amide bonds. The van der Waals surface area contributed by atoms with E-state index in [0.29, 0.717) is 9.75 Å². The summed E-state index contributed by atoms with van der Waals surface area (Å²) in [5.74, 6) is -1.25. The maximum Gasteiger partial charge on any atom is 0.263 e. The lowest BCUT2D eigenvalue weighted by molar-refractivity contribution is -0.129. The van der Waals surface area contributed by atoms with Crippen LogP contribution < -0.4 is 5.48 Å². The highest BCUT2D eigenvalue weighted by Crippen LogP contribution is 2.45. The second-order valence-corrected chi connectivity index (χ2v) is 12.5. The van der Waals surface area contributed by atoms with Gasteiger partial charge in [0.1, 0.15) is 4.75 Å². The van der Waals surface area contributed by atoms with Gasteiger partial charge >= 0.3 is 0 Å². The Labute approximate surface area is 200 Å². The Balaban J connectivity index is 1.73. The number of nitrogens with one attached hydrogen (secondary N) is 1. The zero-order valence-corrected chi connectivity index (χ0v) is 20.4. The Morgan fingerprint density at radius 2 is 1.88 bits per heavy atom. The summed E-state index contributed by atoms with van der Waals surface area (Å²) in [6.07, 6.45) is -0.353. The molecule has 174 valence electrons. The smallest absolute Gasteiger partial charge is 0.263 e. The van der Waals surface area contributed by atoms with Crippen molar-refractivity contribution in [2.24, 2.45) is 0 Å². The number of carbonyl (C=O) groups excluding carboxylic acids is 2. The van der Waals surface area contributed by atoms with Crippen LogP contribution in [0.5, 0.6) is 0 Å². The molecule has 10 heteroatoms. The Hall–Kier alpha value is -2.53. The number of hydroxylamine groups is 1. The lowest BCUT2D eigenvalue weighted by atomic mass is 9.97. The first-order chi connectivity index (χ1) is 15.8.